The van der Waals surface area contributed by atoms with E-state index in [4.69, 9.17) is 11.6 Å². The van der Waals surface area contributed by atoms with Crippen LogP contribution in [0.3, 0.4) is 0 Å². The zero-order valence-electron chi connectivity index (χ0n) is 8.69. The topological polar surface area (TPSA) is 15.8 Å². The van der Waals surface area contributed by atoms with E-state index >= 15 is 0 Å². The molecular formula is C12H14ClN. The Balaban J connectivity index is 2.86. The maximum Gasteiger partial charge on any atom is 0.0506 e. The lowest BCUT2D eigenvalue weighted by Gasteiger charge is -2.12. The highest BCUT2D eigenvalue weighted by Crippen LogP contribution is 2.32. The number of halogens is 1. The zero-order chi connectivity index (χ0) is 10.3. The van der Waals surface area contributed by atoms with Crippen LogP contribution in [0.15, 0.2) is 18.3 Å². The third-order valence-corrected chi connectivity index (χ3v) is 2.93. The molecule has 0 saturated heterocycles. The van der Waals surface area contributed by atoms with E-state index in [9.17, 15) is 0 Å². The van der Waals surface area contributed by atoms with Crippen LogP contribution in [-0.4, -0.2) is 4.98 Å². The summed E-state index contributed by atoms with van der Waals surface area (Å²) in [4.78, 5) is 3.27. The number of hydrogen-bond donors (Lipinski definition) is 1. The van der Waals surface area contributed by atoms with Gasteiger partial charge in [-0.25, -0.2) is 0 Å². The molecule has 2 aromatic rings. The standard InChI is InChI=1S/C12H14ClN/c1-7(2)11-8(3)6-10(13)9-4-5-14-12(9)11/h4-7,14H,1-3H3. The fourth-order valence-electron chi connectivity index (χ4n) is 2.08. The number of H-pyrrole nitrogens is 1. The quantitative estimate of drug-likeness (QED) is 0.720. The fraction of sp³-hybridized carbons (Fsp3) is 0.333. The van der Waals surface area contributed by atoms with Gasteiger partial charge in [0.2, 0.25) is 0 Å². The van der Waals surface area contributed by atoms with Gasteiger partial charge in [0, 0.05) is 11.6 Å². The van der Waals surface area contributed by atoms with Crippen molar-refractivity contribution in [2.45, 2.75) is 26.7 Å². The van der Waals surface area contributed by atoms with Crippen LogP contribution in [-0.2, 0) is 0 Å². The number of aromatic amines is 1. The predicted octanol–water partition coefficient (Wildman–Crippen LogP) is 4.25. The van der Waals surface area contributed by atoms with Gasteiger partial charge in [0.05, 0.1) is 10.5 Å². The van der Waals surface area contributed by atoms with E-state index in [0.29, 0.717) is 5.92 Å². The number of rotatable bonds is 1. The maximum absolute atomic E-state index is 6.16. The Morgan fingerprint density at radius 1 is 1.36 bits per heavy atom. The molecule has 1 nitrogen and oxygen atoms in total. The Labute approximate surface area is 89.1 Å². The van der Waals surface area contributed by atoms with Crippen molar-refractivity contribution >= 4 is 22.5 Å². The van der Waals surface area contributed by atoms with E-state index in [1.165, 1.54) is 16.6 Å². The van der Waals surface area contributed by atoms with Gasteiger partial charge in [-0.1, -0.05) is 25.4 Å². The lowest BCUT2D eigenvalue weighted by Crippen LogP contribution is -1.94. The lowest BCUT2D eigenvalue weighted by molar-refractivity contribution is 0.864. The van der Waals surface area contributed by atoms with Crippen molar-refractivity contribution in [1.82, 2.24) is 4.98 Å². The molecule has 0 amide bonds. The van der Waals surface area contributed by atoms with Crippen LogP contribution in [0.5, 0.6) is 0 Å². The molecule has 1 aromatic heterocycles. The highest BCUT2D eigenvalue weighted by Gasteiger charge is 2.11. The molecule has 0 aliphatic carbocycles. The number of aromatic nitrogens is 1. The molecule has 0 bridgehead atoms. The second kappa shape index (κ2) is 3.32. The van der Waals surface area contributed by atoms with E-state index < -0.39 is 0 Å². The smallest absolute Gasteiger partial charge is 0.0506 e. The van der Waals surface area contributed by atoms with Crippen LogP contribution in [0.25, 0.3) is 10.9 Å². The number of aryl methyl sites for hydroxylation is 1. The van der Waals surface area contributed by atoms with Gasteiger partial charge >= 0.3 is 0 Å². The summed E-state index contributed by atoms with van der Waals surface area (Å²) in [7, 11) is 0. The number of fused-ring (bicyclic) bond motifs is 1. The zero-order valence-corrected chi connectivity index (χ0v) is 9.44. The molecule has 0 radical (unpaired) electrons. The summed E-state index contributed by atoms with van der Waals surface area (Å²) in [5.41, 5.74) is 3.82. The normalized spacial score (nSPS) is 11.5. The highest BCUT2D eigenvalue weighted by atomic mass is 35.5. The first-order chi connectivity index (χ1) is 6.61. The molecule has 1 N–H and O–H groups in total. The first kappa shape index (κ1) is 9.60. The number of hydrogen-bond acceptors (Lipinski definition) is 0. The van der Waals surface area contributed by atoms with Crippen molar-refractivity contribution in [1.29, 1.82) is 0 Å². The van der Waals surface area contributed by atoms with Gasteiger partial charge in [0.1, 0.15) is 0 Å². The SMILES string of the molecule is Cc1cc(Cl)c2cc[nH]c2c1C(C)C. The first-order valence-corrected chi connectivity index (χ1v) is 5.25. The molecule has 0 atom stereocenters. The van der Waals surface area contributed by atoms with Crippen LogP contribution in [0, 0.1) is 6.92 Å². The molecule has 74 valence electrons. The summed E-state index contributed by atoms with van der Waals surface area (Å²) in [5, 5.41) is 1.96. The van der Waals surface area contributed by atoms with Crippen LogP contribution in [0.4, 0.5) is 0 Å². The Hall–Kier alpha value is -0.950. The summed E-state index contributed by atoms with van der Waals surface area (Å²) in [6, 6.07) is 4.08. The Morgan fingerprint density at radius 2 is 2.07 bits per heavy atom. The second-order valence-corrected chi connectivity index (χ2v) is 4.42. The largest absolute Gasteiger partial charge is 0.361 e. The molecule has 0 aliphatic heterocycles. The van der Waals surface area contributed by atoms with Gasteiger partial charge < -0.3 is 4.98 Å². The van der Waals surface area contributed by atoms with E-state index in [0.717, 1.165) is 10.4 Å². The third-order valence-electron chi connectivity index (χ3n) is 2.62. The van der Waals surface area contributed by atoms with E-state index in [1.807, 2.05) is 18.3 Å². The molecule has 1 heterocycles. The van der Waals surface area contributed by atoms with Crippen molar-refractivity contribution in [3.8, 4) is 0 Å². The minimum atomic E-state index is 0.522. The van der Waals surface area contributed by atoms with Gasteiger partial charge in [-0.2, -0.15) is 0 Å². The minimum Gasteiger partial charge on any atom is -0.361 e. The molecule has 1 aromatic carbocycles. The Bertz CT molecular complexity index is 468. The van der Waals surface area contributed by atoms with Gasteiger partial charge in [-0.15, -0.1) is 0 Å². The Kier molecular flexibility index (Phi) is 2.28. The van der Waals surface area contributed by atoms with E-state index in [1.54, 1.807) is 0 Å². The van der Waals surface area contributed by atoms with Crippen molar-refractivity contribution in [2.24, 2.45) is 0 Å². The maximum atomic E-state index is 6.16. The van der Waals surface area contributed by atoms with Crippen molar-refractivity contribution < 1.29 is 0 Å². The molecule has 0 aliphatic rings. The van der Waals surface area contributed by atoms with Gasteiger partial charge in [0.15, 0.2) is 0 Å². The lowest BCUT2D eigenvalue weighted by atomic mass is 9.96. The summed E-state index contributed by atoms with van der Waals surface area (Å²) in [5.74, 6) is 0.522. The summed E-state index contributed by atoms with van der Waals surface area (Å²) < 4.78 is 0. The van der Waals surface area contributed by atoms with E-state index in [-0.39, 0.29) is 0 Å². The summed E-state index contributed by atoms with van der Waals surface area (Å²) >= 11 is 6.16. The molecule has 0 saturated carbocycles. The second-order valence-electron chi connectivity index (χ2n) is 4.01. The molecule has 0 fully saturated rings. The van der Waals surface area contributed by atoms with Crippen molar-refractivity contribution in [3.05, 3.63) is 34.5 Å². The van der Waals surface area contributed by atoms with Gasteiger partial charge in [-0.3, -0.25) is 0 Å². The Morgan fingerprint density at radius 3 is 2.71 bits per heavy atom. The van der Waals surface area contributed by atoms with Gasteiger partial charge in [-0.05, 0) is 36.1 Å². The molecular weight excluding hydrogens is 194 g/mol. The molecule has 0 spiro atoms. The van der Waals surface area contributed by atoms with Crippen LogP contribution in [0.1, 0.15) is 30.9 Å². The minimum absolute atomic E-state index is 0.522. The van der Waals surface area contributed by atoms with Crippen molar-refractivity contribution in [3.63, 3.8) is 0 Å². The number of benzene rings is 1. The first-order valence-electron chi connectivity index (χ1n) is 4.87. The average molecular weight is 208 g/mol. The summed E-state index contributed by atoms with van der Waals surface area (Å²) in [6.07, 6.45) is 1.95. The highest BCUT2D eigenvalue weighted by molar-refractivity contribution is 6.35. The average Bonchev–Trinajstić information content (AvgIpc) is 2.51. The third kappa shape index (κ3) is 1.32. The molecule has 0 unspecified atom stereocenters. The molecule has 14 heavy (non-hydrogen) atoms. The van der Waals surface area contributed by atoms with Crippen LogP contribution < -0.4 is 0 Å². The molecule has 2 heteroatoms. The fourth-order valence-corrected chi connectivity index (χ4v) is 2.40. The predicted molar refractivity (Wildman–Crippen MR) is 62.1 cm³/mol. The van der Waals surface area contributed by atoms with Crippen LogP contribution in [0.2, 0.25) is 5.02 Å². The number of nitrogens with one attached hydrogen (secondary N) is 1. The monoisotopic (exact) mass is 207 g/mol. The van der Waals surface area contributed by atoms with Gasteiger partial charge in [0.25, 0.3) is 0 Å². The van der Waals surface area contributed by atoms with Crippen LogP contribution >= 0.6 is 11.6 Å². The van der Waals surface area contributed by atoms with E-state index in [2.05, 4.69) is 25.8 Å². The summed E-state index contributed by atoms with van der Waals surface area (Å²) in [6.45, 7) is 6.52. The van der Waals surface area contributed by atoms with Crippen molar-refractivity contribution in [2.75, 3.05) is 0 Å². The molecule has 2 rings (SSSR count).